The maximum atomic E-state index is 10.6. The summed E-state index contributed by atoms with van der Waals surface area (Å²) in [4.78, 5) is 18.9. The molecule has 0 radical (unpaired) electrons. The number of rotatable bonds is 3. The van der Waals surface area contributed by atoms with Crippen molar-refractivity contribution >= 4 is 6.29 Å². The van der Waals surface area contributed by atoms with Crippen LogP contribution in [0.3, 0.4) is 0 Å². The van der Waals surface area contributed by atoms with Gasteiger partial charge in [0, 0.05) is 5.56 Å². The lowest BCUT2D eigenvalue weighted by Crippen LogP contribution is -1.98. The van der Waals surface area contributed by atoms with Crippen LogP contribution in [-0.2, 0) is 0 Å². The number of methoxy groups -OCH3 is 1. The molecule has 0 fully saturated rings. The number of nitrogens with zero attached hydrogens (tertiary/aromatic N) is 2. The van der Waals surface area contributed by atoms with Crippen LogP contribution in [0.2, 0.25) is 0 Å². The highest BCUT2D eigenvalue weighted by Gasteiger charge is 2.09. The molecule has 4 heteroatoms. The topological polar surface area (TPSA) is 52.1 Å². The summed E-state index contributed by atoms with van der Waals surface area (Å²) >= 11 is 0. The summed E-state index contributed by atoms with van der Waals surface area (Å²) in [5.41, 5.74) is 1.74. The van der Waals surface area contributed by atoms with Gasteiger partial charge in [-0.15, -0.1) is 0 Å². The molecule has 0 amide bonds. The molecule has 2 aromatic rings. The fraction of sp³-hybridized carbons (Fsp3) is 0.0833. The van der Waals surface area contributed by atoms with E-state index in [-0.39, 0.29) is 0 Å². The highest BCUT2D eigenvalue weighted by Crippen LogP contribution is 2.24. The van der Waals surface area contributed by atoms with Crippen molar-refractivity contribution in [2.24, 2.45) is 0 Å². The third-order valence-corrected chi connectivity index (χ3v) is 2.12. The lowest BCUT2D eigenvalue weighted by Gasteiger charge is -2.06. The van der Waals surface area contributed by atoms with E-state index in [9.17, 15) is 4.79 Å². The van der Waals surface area contributed by atoms with Crippen LogP contribution < -0.4 is 4.74 Å². The van der Waals surface area contributed by atoms with Crippen LogP contribution in [-0.4, -0.2) is 23.4 Å². The van der Waals surface area contributed by atoms with Gasteiger partial charge in [-0.05, 0) is 0 Å². The van der Waals surface area contributed by atoms with E-state index in [2.05, 4.69) is 9.97 Å². The Morgan fingerprint density at radius 2 is 2.00 bits per heavy atom. The average molecular weight is 214 g/mol. The van der Waals surface area contributed by atoms with Crippen molar-refractivity contribution in [3.63, 3.8) is 0 Å². The van der Waals surface area contributed by atoms with Gasteiger partial charge in [-0.2, -0.15) is 0 Å². The van der Waals surface area contributed by atoms with Crippen molar-refractivity contribution in [2.75, 3.05) is 7.11 Å². The maximum absolute atomic E-state index is 10.6. The summed E-state index contributed by atoms with van der Waals surface area (Å²) in [6, 6.07) is 9.48. The number of aldehydes is 1. The molecule has 16 heavy (non-hydrogen) atoms. The fourth-order valence-electron chi connectivity index (χ4n) is 1.38. The Morgan fingerprint density at radius 3 is 2.62 bits per heavy atom. The molecule has 0 saturated carbocycles. The first kappa shape index (κ1) is 10.3. The highest BCUT2D eigenvalue weighted by atomic mass is 16.5. The minimum Gasteiger partial charge on any atom is -0.479 e. The zero-order valence-electron chi connectivity index (χ0n) is 8.75. The monoisotopic (exact) mass is 214 g/mol. The Morgan fingerprint density at radius 1 is 1.25 bits per heavy atom. The number of carbonyl (C=O) groups is 1. The molecule has 0 aliphatic rings. The SMILES string of the molecule is COc1ncc(C=O)nc1-c1ccccc1. The molecule has 1 aromatic carbocycles. The van der Waals surface area contributed by atoms with Gasteiger partial charge >= 0.3 is 0 Å². The van der Waals surface area contributed by atoms with E-state index < -0.39 is 0 Å². The van der Waals surface area contributed by atoms with Crippen LogP contribution in [0, 0.1) is 0 Å². The standard InChI is InChI=1S/C12H10N2O2/c1-16-12-11(9-5-3-2-4-6-9)14-10(8-15)7-13-12/h2-8H,1H3. The van der Waals surface area contributed by atoms with Gasteiger partial charge in [0.05, 0.1) is 13.3 Å². The van der Waals surface area contributed by atoms with Crippen LogP contribution in [0.15, 0.2) is 36.5 Å². The van der Waals surface area contributed by atoms with Crippen molar-refractivity contribution in [1.29, 1.82) is 0 Å². The summed E-state index contributed by atoms with van der Waals surface area (Å²) in [6.07, 6.45) is 2.05. The summed E-state index contributed by atoms with van der Waals surface area (Å²) in [5, 5.41) is 0. The van der Waals surface area contributed by atoms with Gasteiger partial charge in [0.2, 0.25) is 5.88 Å². The minimum absolute atomic E-state index is 0.291. The molecule has 0 spiro atoms. The second-order valence-corrected chi connectivity index (χ2v) is 3.14. The highest BCUT2D eigenvalue weighted by molar-refractivity contribution is 5.74. The van der Waals surface area contributed by atoms with E-state index in [1.165, 1.54) is 13.3 Å². The number of carbonyl (C=O) groups excluding carboxylic acids is 1. The zero-order valence-corrected chi connectivity index (χ0v) is 8.75. The number of aromatic nitrogens is 2. The first-order chi connectivity index (χ1) is 7.85. The Hall–Kier alpha value is -2.23. The molecule has 1 aromatic heterocycles. The molecule has 0 atom stereocenters. The van der Waals surface area contributed by atoms with Gasteiger partial charge in [-0.25, -0.2) is 9.97 Å². The van der Waals surface area contributed by atoms with Gasteiger partial charge in [-0.3, -0.25) is 4.79 Å². The molecule has 0 bridgehead atoms. The Bertz CT molecular complexity index is 498. The third-order valence-electron chi connectivity index (χ3n) is 2.12. The van der Waals surface area contributed by atoms with Gasteiger partial charge in [0.1, 0.15) is 11.4 Å². The quantitative estimate of drug-likeness (QED) is 0.733. The molecule has 2 rings (SSSR count). The van der Waals surface area contributed by atoms with Crippen molar-refractivity contribution in [3.05, 3.63) is 42.2 Å². The third kappa shape index (κ3) is 1.91. The number of hydrogen-bond acceptors (Lipinski definition) is 4. The molecule has 0 N–H and O–H groups in total. The minimum atomic E-state index is 0.291. The van der Waals surface area contributed by atoms with Gasteiger partial charge in [-0.1, -0.05) is 30.3 Å². The van der Waals surface area contributed by atoms with Gasteiger partial charge in [0.25, 0.3) is 0 Å². The molecule has 80 valence electrons. The molecule has 0 aliphatic heterocycles. The second-order valence-electron chi connectivity index (χ2n) is 3.14. The molecule has 1 heterocycles. The smallest absolute Gasteiger partial charge is 0.240 e. The average Bonchev–Trinajstić information content (AvgIpc) is 2.39. The lowest BCUT2D eigenvalue weighted by atomic mass is 10.1. The van der Waals surface area contributed by atoms with E-state index in [0.29, 0.717) is 23.6 Å². The van der Waals surface area contributed by atoms with Crippen LogP contribution in [0.5, 0.6) is 5.88 Å². The van der Waals surface area contributed by atoms with Crippen molar-refractivity contribution in [2.45, 2.75) is 0 Å². The van der Waals surface area contributed by atoms with Crippen LogP contribution >= 0.6 is 0 Å². The Labute approximate surface area is 92.9 Å². The van der Waals surface area contributed by atoms with Crippen LogP contribution in [0.25, 0.3) is 11.3 Å². The van der Waals surface area contributed by atoms with E-state index in [1.807, 2.05) is 30.3 Å². The summed E-state index contributed by atoms with van der Waals surface area (Å²) in [7, 11) is 1.52. The number of hydrogen-bond donors (Lipinski definition) is 0. The van der Waals surface area contributed by atoms with Gasteiger partial charge in [0.15, 0.2) is 6.29 Å². The second kappa shape index (κ2) is 4.53. The Kier molecular flexibility index (Phi) is 2.91. The predicted octanol–water partition coefficient (Wildman–Crippen LogP) is 1.96. The van der Waals surface area contributed by atoms with E-state index in [4.69, 9.17) is 4.74 Å². The predicted molar refractivity (Wildman–Crippen MR) is 59.4 cm³/mol. The maximum Gasteiger partial charge on any atom is 0.240 e. The summed E-state index contributed by atoms with van der Waals surface area (Å²) in [6.45, 7) is 0. The van der Waals surface area contributed by atoms with Gasteiger partial charge < -0.3 is 4.74 Å². The van der Waals surface area contributed by atoms with Crippen LogP contribution in [0.1, 0.15) is 10.5 Å². The largest absolute Gasteiger partial charge is 0.479 e. The first-order valence-electron chi connectivity index (χ1n) is 4.77. The number of ether oxygens (including phenoxy) is 1. The van der Waals surface area contributed by atoms with E-state index in [0.717, 1.165) is 5.56 Å². The zero-order chi connectivity index (χ0) is 11.4. The molecular weight excluding hydrogens is 204 g/mol. The van der Waals surface area contributed by atoms with Crippen molar-refractivity contribution in [1.82, 2.24) is 9.97 Å². The molecule has 4 nitrogen and oxygen atoms in total. The van der Waals surface area contributed by atoms with E-state index >= 15 is 0 Å². The van der Waals surface area contributed by atoms with Crippen molar-refractivity contribution in [3.8, 4) is 17.1 Å². The fourth-order valence-corrected chi connectivity index (χ4v) is 1.38. The van der Waals surface area contributed by atoms with E-state index in [1.54, 1.807) is 0 Å². The molecule has 0 aliphatic carbocycles. The van der Waals surface area contributed by atoms with Crippen LogP contribution in [0.4, 0.5) is 0 Å². The normalized spacial score (nSPS) is 9.81. The summed E-state index contributed by atoms with van der Waals surface area (Å²) < 4.78 is 5.11. The first-order valence-corrected chi connectivity index (χ1v) is 4.77. The Balaban J connectivity index is 2.57. The molecular formula is C12H10N2O2. The molecule has 0 unspecified atom stereocenters. The molecule has 0 saturated heterocycles. The number of benzene rings is 1. The lowest BCUT2D eigenvalue weighted by molar-refractivity contribution is 0.111. The van der Waals surface area contributed by atoms with Crippen molar-refractivity contribution < 1.29 is 9.53 Å². The summed E-state index contributed by atoms with van der Waals surface area (Å²) in [5.74, 6) is 0.414.